The van der Waals surface area contributed by atoms with Crippen LogP contribution in [0.2, 0.25) is 5.02 Å². The highest BCUT2D eigenvalue weighted by molar-refractivity contribution is 6.30. The lowest BCUT2D eigenvalue weighted by Gasteiger charge is -2.22. The zero-order chi connectivity index (χ0) is 21.6. The quantitative estimate of drug-likeness (QED) is 0.455. The number of oxazole rings is 1. The molecule has 0 aliphatic carbocycles. The van der Waals surface area contributed by atoms with Gasteiger partial charge in [0.2, 0.25) is 5.89 Å². The summed E-state index contributed by atoms with van der Waals surface area (Å²) in [4.78, 5) is 31.3. The number of nitrogens with one attached hydrogen (secondary N) is 1. The monoisotopic (exact) mass is 431 g/mol. The molecule has 3 aromatic carbocycles. The highest BCUT2D eigenvalue weighted by atomic mass is 35.5. The molecule has 1 aliphatic rings. The zero-order valence-corrected chi connectivity index (χ0v) is 17.4. The van der Waals surface area contributed by atoms with E-state index in [0.29, 0.717) is 10.8 Å². The Balaban J connectivity index is 1.40. The third kappa shape index (κ3) is 3.35. The molecular formula is C24H18ClN3O3. The van der Waals surface area contributed by atoms with Gasteiger partial charge >= 0.3 is 6.03 Å². The molecule has 7 heteroatoms. The van der Waals surface area contributed by atoms with E-state index in [9.17, 15) is 9.59 Å². The smallest absolute Gasteiger partial charge is 0.325 e. The predicted molar refractivity (Wildman–Crippen MR) is 117 cm³/mol. The fourth-order valence-electron chi connectivity index (χ4n) is 3.80. The van der Waals surface area contributed by atoms with Gasteiger partial charge in [-0.1, -0.05) is 48.0 Å². The number of rotatable bonds is 4. The maximum Gasteiger partial charge on any atom is 0.325 e. The van der Waals surface area contributed by atoms with E-state index in [0.717, 1.165) is 26.8 Å². The lowest BCUT2D eigenvalue weighted by molar-refractivity contribution is -0.131. The van der Waals surface area contributed by atoms with Crippen LogP contribution in [0.15, 0.2) is 77.3 Å². The minimum absolute atomic E-state index is 0.0541. The number of fused-ring (bicyclic) bond motifs is 1. The molecule has 4 aromatic rings. The Bertz CT molecular complexity index is 1320. The fraction of sp³-hybridized carbons (Fsp3) is 0.125. The van der Waals surface area contributed by atoms with E-state index in [1.54, 1.807) is 25.3 Å². The van der Waals surface area contributed by atoms with Crippen molar-refractivity contribution >= 4 is 34.3 Å². The van der Waals surface area contributed by atoms with Crippen LogP contribution < -0.4 is 5.32 Å². The molecule has 2 heterocycles. The van der Waals surface area contributed by atoms with Gasteiger partial charge in [0.1, 0.15) is 12.1 Å². The summed E-state index contributed by atoms with van der Waals surface area (Å²) in [6, 6.07) is 20.3. The normalized spacial score (nSPS) is 18.6. The molecule has 1 fully saturated rings. The van der Waals surface area contributed by atoms with Crippen LogP contribution in [0.5, 0.6) is 0 Å². The van der Waals surface area contributed by atoms with Crippen molar-refractivity contribution in [2.24, 2.45) is 0 Å². The Morgan fingerprint density at radius 2 is 1.77 bits per heavy atom. The van der Waals surface area contributed by atoms with Crippen LogP contribution in [0.3, 0.4) is 0 Å². The molecule has 1 atom stereocenters. The van der Waals surface area contributed by atoms with Crippen molar-refractivity contribution in [3.8, 4) is 11.3 Å². The molecule has 0 unspecified atom stereocenters. The summed E-state index contributed by atoms with van der Waals surface area (Å²) in [5.74, 6) is 0.464. The zero-order valence-electron chi connectivity index (χ0n) is 16.6. The van der Waals surface area contributed by atoms with Crippen molar-refractivity contribution < 1.29 is 14.0 Å². The summed E-state index contributed by atoms with van der Waals surface area (Å²) in [5, 5.41) is 5.52. The molecule has 6 nitrogen and oxygen atoms in total. The Labute approximate surface area is 183 Å². The number of hydrogen-bond donors (Lipinski definition) is 1. The highest BCUT2D eigenvalue weighted by Gasteiger charge is 2.49. The maximum atomic E-state index is 13.3. The molecule has 1 aromatic heterocycles. The highest BCUT2D eigenvalue weighted by Crippen LogP contribution is 2.32. The summed E-state index contributed by atoms with van der Waals surface area (Å²) >= 11 is 5.92. The third-order valence-corrected chi connectivity index (χ3v) is 5.83. The van der Waals surface area contributed by atoms with E-state index in [2.05, 4.69) is 10.3 Å². The minimum Gasteiger partial charge on any atom is -0.439 e. The van der Waals surface area contributed by atoms with E-state index < -0.39 is 11.6 Å². The number of amides is 3. The standard InChI is InChI=1S/C24H18ClN3O3/c1-24(18-9-6-15-4-2-3-5-17(15)12-18)22(29)28(23(30)27-24)14-21-26-13-20(31-21)16-7-10-19(25)11-8-16/h2-13H,14H2,1H3,(H,27,30)/t24-/m0/s1. The average Bonchev–Trinajstić information content (AvgIpc) is 3.33. The van der Waals surface area contributed by atoms with Crippen molar-refractivity contribution in [1.29, 1.82) is 0 Å². The van der Waals surface area contributed by atoms with Crippen molar-refractivity contribution in [1.82, 2.24) is 15.2 Å². The molecule has 0 spiro atoms. The lowest BCUT2D eigenvalue weighted by atomic mass is 9.90. The van der Waals surface area contributed by atoms with Crippen LogP contribution >= 0.6 is 11.6 Å². The van der Waals surface area contributed by atoms with E-state index in [4.69, 9.17) is 16.0 Å². The number of hydrogen-bond acceptors (Lipinski definition) is 4. The van der Waals surface area contributed by atoms with Gasteiger partial charge < -0.3 is 9.73 Å². The number of urea groups is 1. The molecular weight excluding hydrogens is 414 g/mol. The molecule has 0 radical (unpaired) electrons. The number of carbonyl (C=O) groups is 2. The van der Waals surface area contributed by atoms with Gasteiger partial charge in [-0.25, -0.2) is 9.78 Å². The molecule has 0 saturated carbocycles. The van der Waals surface area contributed by atoms with Crippen molar-refractivity contribution in [2.45, 2.75) is 19.0 Å². The first-order valence-corrected chi connectivity index (χ1v) is 10.2. The van der Waals surface area contributed by atoms with Gasteiger partial charge in [0, 0.05) is 10.6 Å². The molecule has 0 bridgehead atoms. The Morgan fingerprint density at radius 3 is 2.55 bits per heavy atom. The van der Waals surface area contributed by atoms with Crippen LogP contribution in [-0.2, 0) is 16.9 Å². The Hall–Kier alpha value is -3.64. The first-order chi connectivity index (χ1) is 14.9. The van der Waals surface area contributed by atoms with Crippen molar-refractivity contribution in [3.63, 3.8) is 0 Å². The van der Waals surface area contributed by atoms with Crippen LogP contribution in [0.1, 0.15) is 18.4 Å². The second kappa shape index (κ2) is 7.25. The first-order valence-electron chi connectivity index (χ1n) is 9.78. The molecule has 154 valence electrons. The van der Waals surface area contributed by atoms with Gasteiger partial charge in [-0.3, -0.25) is 9.69 Å². The van der Waals surface area contributed by atoms with Gasteiger partial charge in [-0.15, -0.1) is 0 Å². The van der Waals surface area contributed by atoms with Gasteiger partial charge in [0.15, 0.2) is 5.76 Å². The van der Waals surface area contributed by atoms with Crippen molar-refractivity contribution in [2.75, 3.05) is 0 Å². The topological polar surface area (TPSA) is 75.4 Å². The summed E-state index contributed by atoms with van der Waals surface area (Å²) in [6.07, 6.45) is 1.57. The van der Waals surface area contributed by atoms with Crippen LogP contribution in [0.4, 0.5) is 4.79 Å². The molecule has 1 saturated heterocycles. The average molecular weight is 432 g/mol. The molecule has 5 rings (SSSR count). The number of carbonyl (C=O) groups excluding carboxylic acids is 2. The Morgan fingerprint density at radius 1 is 1.03 bits per heavy atom. The van der Waals surface area contributed by atoms with Gasteiger partial charge in [0.05, 0.1) is 6.20 Å². The third-order valence-electron chi connectivity index (χ3n) is 5.58. The number of imide groups is 1. The van der Waals surface area contributed by atoms with E-state index in [1.165, 1.54) is 0 Å². The molecule has 3 amide bonds. The van der Waals surface area contributed by atoms with Gasteiger partial charge in [-0.05, 0) is 53.6 Å². The van der Waals surface area contributed by atoms with Crippen molar-refractivity contribution in [3.05, 3.63) is 89.4 Å². The number of aromatic nitrogens is 1. The predicted octanol–water partition coefficient (Wildman–Crippen LogP) is 5.12. The lowest BCUT2D eigenvalue weighted by Crippen LogP contribution is -2.40. The summed E-state index contributed by atoms with van der Waals surface area (Å²) in [7, 11) is 0. The molecule has 31 heavy (non-hydrogen) atoms. The summed E-state index contributed by atoms with van der Waals surface area (Å²) in [6.45, 7) is 1.66. The second-order valence-corrected chi connectivity index (χ2v) is 8.07. The van der Waals surface area contributed by atoms with E-state index in [1.807, 2.05) is 54.6 Å². The van der Waals surface area contributed by atoms with Gasteiger partial charge in [-0.2, -0.15) is 0 Å². The van der Waals surface area contributed by atoms with E-state index in [-0.39, 0.29) is 18.3 Å². The number of benzene rings is 3. The first kappa shape index (κ1) is 19.3. The SMILES string of the molecule is C[C@@]1(c2ccc3ccccc3c2)NC(=O)N(Cc2ncc(-c3ccc(Cl)cc3)o2)C1=O. The summed E-state index contributed by atoms with van der Waals surface area (Å²) in [5.41, 5.74) is 0.370. The van der Waals surface area contributed by atoms with E-state index >= 15 is 0 Å². The van der Waals surface area contributed by atoms with Crippen LogP contribution in [0, 0.1) is 0 Å². The fourth-order valence-corrected chi connectivity index (χ4v) is 3.93. The number of nitrogens with zero attached hydrogens (tertiary/aromatic N) is 2. The summed E-state index contributed by atoms with van der Waals surface area (Å²) < 4.78 is 5.77. The van der Waals surface area contributed by atoms with Gasteiger partial charge in [0.25, 0.3) is 5.91 Å². The maximum absolute atomic E-state index is 13.3. The second-order valence-electron chi connectivity index (χ2n) is 7.63. The molecule has 1 N–H and O–H groups in total. The number of halogens is 1. The largest absolute Gasteiger partial charge is 0.439 e. The van der Waals surface area contributed by atoms with Crippen LogP contribution in [-0.4, -0.2) is 21.8 Å². The minimum atomic E-state index is -1.16. The molecule has 1 aliphatic heterocycles. The van der Waals surface area contributed by atoms with Crippen LogP contribution in [0.25, 0.3) is 22.1 Å². The Kier molecular flexibility index (Phi) is 4.52.